The molecular weight excluding hydrogens is 194 g/mol. The first-order valence-electron chi connectivity index (χ1n) is 3.92. The monoisotopic (exact) mass is 207 g/mol. The van der Waals surface area contributed by atoms with E-state index in [-0.39, 0.29) is 18.3 Å². The van der Waals surface area contributed by atoms with Gasteiger partial charge in [-0.1, -0.05) is 0 Å². The van der Waals surface area contributed by atoms with Crippen molar-refractivity contribution < 1.29 is 9.59 Å². The van der Waals surface area contributed by atoms with Crippen molar-refractivity contribution in [2.24, 2.45) is 5.73 Å². The van der Waals surface area contributed by atoms with Gasteiger partial charge in [0.2, 0.25) is 0 Å². The fourth-order valence-corrected chi connectivity index (χ4v) is 1.21. The van der Waals surface area contributed by atoms with Gasteiger partial charge in [-0.25, -0.2) is 4.79 Å². The van der Waals surface area contributed by atoms with Crippen LogP contribution in [0.15, 0.2) is 0 Å². The van der Waals surface area contributed by atoms with Crippen LogP contribution in [0.3, 0.4) is 0 Å². The Morgan fingerprint density at radius 3 is 2.46 bits per heavy atom. The van der Waals surface area contributed by atoms with Crippen molar-refractivity contribution in [2.75, 3.05) is 6.54 Å². The Balaban J connectivity index is 0.00000144. The van der Waals surface area contributed by atoms with E-state index in [9.17, 15) is 9.59 Å². The van der Waals surface area contributed by atoms with Gasteiger partial charge in [0.25, 0.3) is 5.91 Å². The average Bonchev–Trinajstić information content (AvgIpc) is 2.23. The average molecular weight is 208 g/mol. The summed E-state index contributed by atoms with van der Waals surface area (Å²) in [4.78, 5) is 21.9. The number of imide groups is 1. The molecule has 0 saturated carbocycles. The number of urea groups is 1. The van der Waals surface area contributed by atoms with Crippen LogP contribution in [0.5, 0.6) is 0 Å². The van der Waals surface area contributed by atoms with E-state index in [0.717, 1.165) is 6.42 Å². The zero-order valence-corrected chi connectivity index (χ0v) is 8.24. The molecule has 0 aromatic carbocycles. The van der Waals surface area contributed by atoms with E-state index in [1.54, 1.807) is 6.92 Å². The predicted molar refractivity (Wildman–Crippen MR) is 50.6 cm³/mol. The number of amides is 3. The number of hydrogen-bond acceptors (Lipinski definition) is 3. The largest absolute Gasteiger partial charge is 0.330 e. The van der Waals surface area contributed by atoms with Gasteiger partial charge in [-0.3, -0.25) is 10.1 Å². The zero-order valence-electron chi connectivity index (χ0n) is 7.42. The summed E-state index contributed by atoms with van der Waals surface area (Å²) in [5.41, 5.74) is 4.55. The lowest BCUT2D eigenvalue weighted by atomic mass is 9.96. The lowest BCUT2D eigenvalue weighted by Gasteiger charge is -2.19. The number of rotatable bonds is 3. The van der Waals surface area contributed by atoms with Crippen LogP contribution in [-0.4, -0.2) is 24.0 Å². The first kappa shape index (κ1) is 12.2. The smallest absolute Gasteiger partial charge is 0.322 e. The third-order valence-corrected chi connectivity index (χ3v) is 2.00. The fraction of sp³-hybridized carbons (Fsp3) is 0.714. The van der Waals surface area contributed by atoms with Crippen molar-refractivity contribution >= 4 is 24.3 Å². The highest BCUT2D eigenvalue weighted by atomic mass is 35.5. The molecule has 5 nitrogen and oxygen atoms in total. The Labute approximate surface area is 82.8 Å². The second-order valence-corrected chi connectivity index (χ2v) is 3.13. The highest BCUT2D eigenvalue weighted by Gasteiger charge is 2.40. The molecule has 1 aliphatic rings. The maximum Gasteiger partial charge on any atom is 0.322 e. The van der Waals surface area contributed by atoms with E-state index in [0.29, 0.717) is 13.0 Å². The molecule has 76 valence electrons. The Kier molecular flexibility index (Phi) is 4.16. The van der Waals surface area contributed by atoms with Crippen LogP contribution in [0.25, 0.3) is 0 Å². The number of carbonyl (C=O) groups excluding carboxylic acids is 2. The molecule has 1 unspecified atom stereocenters. The molecule has 6 heteroatoms. The standard InChI is InChI=1S/C7H13N3O2.ClH/c1-7(3-2-4-8)5(11)9-6(12)10-7;/h2-4,8H2,1H3,(H2,9,10,11,12);1H. The second kappa shape index (κ2) is 4.43. The maximum atomic E-state index is 11.2. The van der Waals surface area contributed by atoms with Gasteiger partial charge >= 0.3 is 6.03 Å². The van der Waals surface area contributed by atoms with Crippen LogP contribution in [0.2, 0.25) is 0 Å². The van der Waals surface area contributed by atoms with Crippen LogP contribution in [0.1, 0.15) is 19.8 Å². The second-order valence-electron chi connectivity index (χ2n) is 3.13. The molecule has 0 bridgehead atoms. The summed E-state index contributed by atoms with van der Waals surface area (Å²) in [5, 5.41) is 4.75. The van der Waals surface area contributed by atoms with Gasteiger partial charge in [0.05, 0.1) is 0 Å². The van der Waals surface area contributed by atoms with E-state index >= 15 is 0 Å². The molecule has 1 rings (SSSR count). The molecule has 0 aromatic rings. The number of halogens is 1. The van der Waals surface area contributed by atoms with Crippen molar-refractivity contribution in [3.05, 3.63) is 0 Å². The molecular formula is C7H14ClN3O2. The summed E-state index contributed by atoms with van der Waals surface area (Å²) in [7, 11) is 0. The summed E-state index contributed by atoms with van der Waals surface area (Å²) in [6.45, 7) is 2.22. The number of hydrogen-bond donors (Lipinski definition) is 3. The van der Waals surface area contributed by atoms with Gasteiger partial charge in [0, 0.05) is 0 Å². The molecule has 0 aromatic heterocycles. The SMILES string of the molecule is CC1(CCCN)NC(=O)NC1=O.Cl. The highest BCUT2D eigenvalue weighted by molar-refractivity contribution is 6.06. The minimum Gasteiger partial charge on any atom is -0.330 e. The van der Waals surface area contributed by atoms with Gasteiger partial charge < -0.3 is 11.1 Å². The minimum absolute atomic E-state index is 0. The molecule has 0 spiro atoms. The Morgan fingerprint density at radius 2 is 2.08 bits per heavy atom. The van der Waals surface area contributed by atoms with Gasteiger partial charge in [-0.2, -0.15) is 0 Å². The van der Waals surface area contributed by atoms with Crippen LogP contribution >= 0.6 is 12.4 Å². The van der Waals surface area contributed by atoms with E-state index in [1.807, 2.05) is 0 Å². The molecule has 3 amide bonds. The topological polar surface area (TPSA) is 84.2 Å². The molecule has 0 aliphatic carbocycles. The highest BCUT2D eigenvalue weighted by Crippen LogP contribution is 2.15. The van der Waals surface area contributed by atoms with Crippen molar-refractivity contribution in [1.82, 2.24) is 10.6 Å². The van der Waals surface area contributed by atoms with E-state index < -0.39 is 11.6 Å². The minimum atomic E-state index is -0.754. The van der Waals surface area contributed by atoms with E-state index in [2.05, 4.69) is 10.6 Å². The van der Waals surface area contributed by atoms with Gasteiger partial charge in [-0.15, -0.1) is 12.4 Å². The van der Waals surface area contributed by atoms with E-state index in [1.165, 1.54) is 0 Å². The van der Waals surface area contributed by atoms with Crippen molar-refractivity contribution in [1.29, 1.82) is 0 Å². The first-order chi connectivity index (χ1) is 5.58. The van der Waals surface area contributed by atoms with Gasteiger partial charge in [-0.05, 0) is 26.3 Å². The summed E-state index contributed by atoms with van der Waals surface area (Å²) in [6, 6.07) is -0.417. The van der Waals surface area contributed by atoms with Crippen LogP contribution in [0.4, 0.5) is 4.79 Å². The van der Waals surface area contributed by atoms with Crippen LogP contribution in [-0.2, 0) is 4.79 Å². The Hall–Kier alpha value is -0.810. The normalized spacial score (nSPS) is 26.3. The molecule has 13 heavy (non-hydrogen) atoms. The third-order valence-electron chi connectivity index (χ3n) is 2.00. The van der Waals surface area contributed by atoms with Crippen molar-refractivity contribution in [3.63, 3.8) is 0 Å². The van der Waals surface area contributed by atoms with Crippen LogP contribution < -0.4 is 16.4 Å². The Morgan fingerprint density at radius 1 is 1.46 bits per heavy atom. The van der Waals surface area contributed by atoms with Crippen molar-refractivity contribution in [3.8, 4) is 0 Å². The number of nitrogens with two attached hydrogens (primary N) is 1. The first-order valence-corrected chi connectivity index (χ1v) is 3.92. The number of carbonyl (C=O) groups is 2. The predicted octanol–water partition coefficient (Wildman–Crippen LogP) is -0.255. The lowest BCUT2D eigenvalue weighted by molar-refractivity contribution is -0.123. The van der Waals surface area contributed by atoms with Crippen molar-refractivity contribution in [2.45, 2.75) is 25.3 Å². The fourth-order valence-electron chi connectivity index (χ4n) is 1.21. The summed E-state index contributed by atoms with van der Waals surface area (Å²) < 4.78 is 0. The van der Waals surface area contributed by atoms with Gasteiger partial charge in [0.1, 0.15) is 5.54 Å². The van der Waals surface area contributed by atoms with Gasteiger partial charge in [0.15, 0.2) is 0 Å². The molecule has 1 heterocycles. The van der Waals surface area contributed by atoms with E-state index in [4.69, 9.17) is 5.73 Å². The molecule has 1 aliphatic heterocycles. The van der Waals surface area contributed by atoms with Crippen LogP contribution in [0, 0.1) is 0 Å². The molecule has 1 saturated heterocycles. The molecule has 0 radical (unpaired) electrons. The molecule has 1 atom stereocenters. The number of nitrogens with one attached hydrogen (secondary N) is 2. The summed E-state index contributed by atoms with van der Waals surface area (Å²) in [5.74, 6) is -0.263. The molecule has 4 N–H and O–H groups in total. The maximum absolute atomic E-state index is 11.2. The summed E-state index contributed by atoms with van der Waals surface area (Å²) in [6.07, 6.45) is 1.31. The quantitative estimate of drug-likeness (QED) is 0.558. The molecule has 1 fully saturated rings. The third kappa shape index (κ3) is 2.57. The Bertz CT molecular complexity index is 222. The lowest BCUT2D eigenvalue weighted by Crippen LogP contribution is -2.43. The zero-order chi connectivity index (χ0) is 9.19. The summed E-state index contributed by atoms with van der Waals surface area (Å²) >= 11 is 0.